The summed E-state index contributed by atoms with van der Waals surface area (Å²) in [6, 6.07) is 0. The molecule has 126 valence electrons. The molecule has 1 saturated carbocycles. The Balaban J connectivity index is 1.87. The molecular weight excluding hydrogens is 330 g/mol. The maximum atomic E-state index is 12.7. The van der Waals surface area contributed by atoms with E-state index in [1.807, 2.05) is 0 Å². The molecule has 0 unspecified atom stereocenters. The monoisotopic (exact) mass is 353 g/mol. The molecule has 23 heavy (non-hydrogen) atoms. The first kappa shape index (κ1) is 16.8. The first-order valence-electron chi connectivity index (χ1n) is 7.98. The van der Waals surface area contributed by atoms with E-state index in [-0.39, 0.29) is 28.6 Å². The van der Waals surface area contributed by atoms with Crippen LogP contribution in [0.4, 0.5) is 5.00 Å². The van der Waals surface area contributed by atoms with Gasteiger partial charge in [0, 0.05) is 11.7 Å². The second-order valence-electron chi connectivity index (χ2n) is 7.26. The fraction of sp³-hybridized carbons (Fsp3) is 0.647. The highest BCUT2D eigenvalue weighted by molar-refractivity contribution is 8.01. The van der Waals surface area contributed by atoms with Crippen molar-refractivity contribution < 1.29 is 14.3 Å². The molecule has 1 amide bonds. The van der Waals surface area contributed by atoms with Crippen LogP contribution in [0.25, 0.3) is 0 Å². The molecule has 2 aliphatic rings. The summed E-state index contributed by atoms with van der Waals surface area (Å²) in [5.41, 5.74) is 1.58. The number of esters is 1. The first-order chi connectivity index (χ1) is 10.7. The number of fused-ring (bicyclic) bond motifs is 1. The van der Waals surface area contributed by atoms with Gasteiger partial charge in [0.15, 0.2) is 0 Å². The number of carbonyl (C=O) groups is 2. The van der Waals surface area contributed by atoms with Gasteiger partial charge in [-0.15, -0.1) is 23.1 Å². The van der Waals surface area contributed by atoms with E-state index in [4.69, 9.17) is 4.74 Å². The SMILES string of the molecule is CCOC(=O)c1c(NC(=O)C2C(C)(C)C2(C)C)sc2c1CCS2. The molecule has 4 nitrogen and oxygen atoms in total. The van der Waals surface area contributed by atoms with Crippen molar-refractivity contribution in [3.05, 3.63) is 11.1 Å². The van der Waals surface area contributed by atoms with Gasteiger partial charge in [0.25, 0.3) is 0 Å². The van der Waals surface area contributed by atoms with Gasteiger partial charge >= 0.3 is 5.97 Å². The molecule has 0 saturated heterocycles. The molecule has 0 radical (unpaired) electrons. The molecule has 6 heteroatoms. The molecule has 0 spiro atoms. The van der Waals surface area contributed by atoms with Crippen LogP contribution in [0.15, 0.2) is 4.21 Å². The number of carbonyl (C=O) groups excluding carboxylic acids is 2. The van der Waals surface area contributed by atoms with E-state index in [1.54, 1.807) is 18.7 Å². The topological polar surface area (TPSA) is 55.4 Å². The summed E-state index contributed by atoms with van der Waals surface area (Å²) in [5, 5.41) is 3.67. The Morgan fingerprint density at radius 2 is 1.91 bits per heavy atom. The summed E-state index contributed by atoms with van der Waals surface area (Å²) < 4.78 is 6.34. The Morgan fingerprint density at radius 3 is 2.48 bits per heavy atom. The quantitative estimate of drug-likeness (QED) is 0.825. The Hall–Kier alpha value is -1.01. The Morgan fingerprint density at radius 1 is 1.26 bits per heavy atom. The van der Waals surface area contributed by atoms with Crippen molar-refractivity contribution in [2.45, 2.75) is 45.2 Å². The van der Waals surface area contributed by atoms with E-state index in [1.165, 1.54) is 11.3 Å². The summed E-state index contributed by atoms with van der Waals surface area (Å²) in [6.07, 6.45) is 0.862. The minimum absolute atomic E-state index is 0.00970. The van der Waals surface area contributed by atoms with Gasteiger partial charge in [0.05, 0.1) is 16.4 Å². The van der Waals surface area contributed by atoms with Crippen LogP contribution in [-0.2, 0) is 16.0 Å². The third-order valence-electron chi connectivity index (χ3n) is 5.55. The average Bonchev–Trinajstić information content (AvgIpc) is 2.80. The predicted octanol–water partition coefficient (Wildman–Crippen LogP) is 4.19. The molecule has 0 aromatic carbocycles. The van der Waals surface area contributed by atoms with Crippen LogP contribution >= 0.6 is 23.1 Å². The third-order valence-corrected chi connectivity index (χ3v) is 8.02. The van der Waals surface area contributed by atoms with Crippen LogP contribution in [0.2, 0.25) is 0 Å². The molecule has 1 aromatic heterocycles. The summed E-state index contributed by atoms with van der Waals surface area (Å²) >= 11 is 3.26. The lowest BCUT2D eigenvalue weighted by atomic mass is 10.0. The van der Waals surface area contributed by atoms with Crippen molar-refractivity contribution >= 4 is 40.0 Å². The van der Waals surface area contributed by atoms with Crippen molar-refractivity contribution in [3.63, 3.8) is 0 Å². The normalized spacial score (nSPS) is 20.9. The number of thioether (sulfide) groups is 1. The minimum atomic E-state index is -0.322. The predicted molar refractivity (Wildman–Crippen MR) is 94.4 cm³/mol. The Bertz CT molecular complexity index is 662. The molecule has 1 fully saturated rings. The lowest BCUT2D eigenvalue weighted by Gasteiger charge is -2.08. The maximum absolute atomic E-state index is 12.7. The minimum Gasteiger partial charge on any atom is -0.462 e. The zero-order chi connectivity index (χ0) is 17.0. The smallest absolute Gasteiger partial charge is 0.341 e. The van der Waals surface area contributed by atoms with Gasteiger partial charge in [-0.05, 0) is 29.7 Å². The van der Waals surface area contributed by atoms with Crippen molar-refractivity contribution in [1.82, 2.24) is 0 Å². The fourth-order valence-corrected chi connectivity index (χ4v) is 6.16. The molecule has 1 aliphatic heterocycles. The van der Waals surface area contributed by atoms with Gasteiger partial charge in [-0.2, -0.15) is 0 Å². The van der Waals surface area contributed by atoms with Crippen LogP contribution < -0.4 is 5.32 Å². The van der Waals surface area contributed by atoms with E-state index < -0.39 is 0 Å². The van der Waals surface area contributed by atoms with Crippen LogP contribution in [0.5, 0.6) is 0 Å². The highest BCUT2D eigenvalue weighted by Gasteiger charge is 2.68. The van der Waals surface area contributed by atoms with E-state index in [2.05, 4.69) is 33.0 Å². The number of rotatable bonds is 4. The van der Waals surface area contributed by atoms with Gasteiger partial charge in [0.1, 0.15) is 5.00 Å². The van der Waals surface area contributed by atoms with E-state index in [0.29, 0.717) is 17.2 Å². The van der Waals surface area contributed by atoms with Crippen molar-refractivity contribution in [2.75, 3.05) is 17.7 Å². The first-order valence-corrected chi connectivity index (χ1v) is 9.78. The number of anilines is 1. The van der Waals surface area contributed by atoms with Gasteiger partial charge in [-0.25, -0.2) is 4.79 Å². The number of thiophene rings is 1. The zero-order valence-electron chi connectivity index (χ0n) is 14.2. The highest BCUT2D eigenvalue weighted by Crippen LogP contribution is 2.68. The van der Waals surface area contributed by atoms with Crippen LogP contribution in [0.1, 0.15) is 50.5 Å². The number of nitrogens with one attached hydrogen (secondary N) is 1. The zero-order valence-corrected chi connectivity index (χ0v) is 15.9. The van der Waals surface area contributed by atoms with Crippen molar-refractivity contribution in [3.8, 4) is 0 Å². The van der Waals surface area contributed by atoms with E-state index >= 15 is 0 Å². The molecule has 0 atom stereocenters. The number of amides is 1. The molecule has 0 bridgehead atoms. The summed E-state index contributed by atoms with van der Waals surface area (Å²) in [5.74, 6) is 0.645. The molecule has 1 aromatic rings. The second-order valence-corrected chi connectivity index (χ2v) is 9.64. The Kier molecular flexibility index (Phi) is 4.04. The molecule has 1 N–H and O–H groups in total. The lowest BCUT2D eigenvalue weighted by Crippen LogP contribution is -2.19. The van der Waals surface area contributed by atoms with Crippen LogP contribution in [0.3, 0.4) is 0 Å². The van der Waals surface area contributed by atoms with Crippen molar-refractivity contribution in [2.24, 2.45) is 16.7 Å². The summed E-state index contributed by atoms with van der Waals surface area (Å²) in [6.45, 7) is 10.6. The average molecular weight is 354 g/mol. The number of ether oxygens (including phenoxy) is 1. The Labute approximate surface area is 145 Å². The van der Waals surface area contributed by atoms with E-state index in [0.717, 1.165) is 21.9 Å². The maximum Gasteiger partial charge on any atom is 0.341 e. The summed E-state index contributed by atoms with van der Waals surface area (Å²) in [7, 11) is 0. The summed E-state index contributed by atoms with van der Waals surface area (Å²) in [4.78, 5) is 25.0. The third kappa shape index (κ3) is 2.50. The standard InChI is InChI=1S/C17H23NO3S2/c1-6-21-14(20)10-9-7-8-22-15(9)23-13(10)18-12(19)11-16(2,3)17(11,4)5/h11H,6-8H2,1-5H3,(H,18,19). The molecular formula is C17H23NO3S2. The highest BCUT2D eigenvalue weighted by atomic mass is 32.2. The lowest BCUT2D eigenvalue weighted by molar-refractivity contribution is -0.118. The number of hydrogen-bond donors (Lipinski definition) is 1. The van der Waals surface area contributed by atoms with Crippen LogP contribution in [-0.4, -0.2) is 24.2 Å². The molecule has 2 heterocycles. The van der Waals surface area contributed by atoms with Gasteiger partial charge in [0.2, 0.25) is 5.91 Å². The van der Waals surface area contributed by atoms with Gasteiger partial charge < -0.3 is 10.1 Å². The van der Waals surface area contributed by atoms with Crippen molar-refractivity contribution in [1.29, 1.82) is 0 Å². The molecule has 3 rings (SSSR count). The van der Waals surface area contributed by atoms with Gasteiger partial charge in [-0.3, -0.25) is 4.79 Å². The second kappa shape index (κ2) is 5.52. The van der Waals surface area contributed by atoms with E-state index in [9.17, 15) is 9.59 Å². The number of hydrogen-bond acceptors (Lipinski definition) is 5. The van der Waals surface area contributed by atoms with Gasteiger partial charge in [-0.1, -0.05) is 27.7 Å². The molecule has 1 aliphatic carbocycles. The fourth-order valence-electron chi connectivity index (χ4n) is 3.58. The van der Waals surface area contributed by atoms with Crippen LogP contribution in [0, 0.1) is 16.7 Å². The largest absolute Gasteiger partial charge is 0.462 e.